The third kappa shape index (κ3) is 3.46. The van der Waals surface area contributed by atoms with Crippen molar-refractivity contribution in [3.63, 3.8) is 0 Å². The van der Waals surface area contributed by atoms with E-state index in [0.717, 1.165) is 22.6 Å². The number of aromatic nitrogens is 2. The lowest BCUT2D eigenvalue weighted by atomic mass is 10.1. The van der Waals surface area contributed by atoms with Gasteiger partial charge in [-0.05, 0) is 29.3 Å². The molecule has 0 unspecified atom stereocenters. The molecule has 0 spiro atoms. The largest absolute Gasteiger partial charge is 0.497 e. The molecule has 5 nitrogen and oxygen atoms in total. The van der Waals surface area contributed by atoms with Gasteiger partial charge in [-0.3, -0.25) is 9.48 Å². The zero-order chi connectivity index (χ0) is 16.9. The minimum atomic E-state index is -0.191. The molecule has 3 aromatic rings. The highest BCUT2D eigenvalue weighted by atomic mass is 16.5. The lowest BCUT2D eigenvalue weighted by molar-refractivity contribution is 0.0945. The molecule has 122 valence electrons. The number of benzene rings is 2. The minimum Gasteiger partial charge on any atom is -0.497 e. The molecule has 3 rings (SSSR count). The van der Waals surface area contributed by atoms with E-state index < -0.39 is 0 Å². The van der Waals surface area contributed by atoms with Crippen LogP contribution in [0, 0.1) is 0 Å². The zero-order valence-corrected chi connectivity index (χ0v) is 13.7. The van der Waals surface area contributed by atoms with Gasteiger partial charge >= 0.3 is 0 Å². The van der Waals surface area contributed by atoms with Crippen molar-refractivity contribution in [3.8, 4) is 17.0 Å². The normalized spacial score (nSPS) is 10.4. The summed E-state index contributed by atoms with van der Waals surface area (Å²) in [5.74, 6) is 0.603. The van der Waals surface area contributed by atoms with Crippen LogP contribution in [0.25, 0.3) is 11.3 Å². The van der Waals surface area contributed by atoms with Gasteiger partial charge in [0.15, 0.2) is 5.69 Å². The fourth-order valence-electron chi connectivity index (χ4n) is 2.47. The molecule has 1 heterocycles. The first-order valence-electron chi connectivity index (χ1n) is 7.68. The molecule has 1 aromatic heterocycles. The Kier molecular flexibility index (Phi) is 4.61. The minimum absolute atomic E-state index is 0.191. The van der Waals surface area contributed by atoms with Crippen LogP contribution in [0.3, 0.4) is 0 Å². The number of carbonyl (C=O) groups is 1. The first-order valence-corrected chi connectivity index (χ1v) is 7.68. The molecular formula is C19H19N3O2. The number of amides is 1. The van der Waals surface area contributed by atoms with Crippen LogP contribution in [0.15, 0.2) is 60.7 Å². The maximum Gasteiger partial charge on any atom is 0.272 e. The third-order valence-electron chi connectivity index (χ3n) is 3.79. The Morgan fingerprint density at radius 3 is 2.50 bits per heavy atom. The van der Waals surface area contributed by atoms with Gasteiger partial charge in [0.1, 0.15) is 5.75 Å². The maximum absolute atomic E-state index is 12.3. The van der Waals surface area contributed by atoms with Gasteiger partial charge in [0.25, 0.3) is 5.91 Å². The van der Waals surface area contributed by atoms with Crippen LogP contribution in [0.4, 0.5) is 0 Å². The van der Waals surface area contributed by atoms with Crippen LogP contribution in [0.2, 0.25) is 0 Å². The van der Waals surface area contributed by atoms with Gasteiger partial charge in [0, 0.05) is 13.6 Å². The van der Waals surface area contributed by atoms with Gasteiger partial charge in [-0.1, -0.05) is 42.5 Å². The summed E-state index contributed by atoms with van der Waals surface area (Å²) in [7, 11) is 3.46. The average molecular weight is 321 g/mol. The van der Waals surface area contributed by atoms with Crippen LogP contribution in [0.1, 0.15) is 16.1 Å². The van der Waals surface area contributed by atoms with Crippen LogP contribution >= 0.6 is 0 Å². The Labute approximate surface area is 140 Å². The van der Waals surface area contributed by atoms with E-state index in [1.165, 1.54) is 0 Å². The molecule has 0 saturated heterocycles. The third-order valence-corrected chi connectivity index (χ3v) is 3.79. The fourth-order valence-corrected chi connectivity index (χ4v) is 2.47. The van der Waals surface area contributed by atoms with Crippen LogP contribution in [0.5, 0.6) is 5.75 Å². The van der Waals surface area contributed by atoms with E-state index in [-0.39, 0.29) is 5.91 Å². The van der Waals surface area contributed by atoms with E-state index in [1.807, 2.05) is 61.6 Å². The molecule has 0 aliphatic heterocycles. The van der Waals surface area contributed by atoms with Crippen molar-refractivity contribution >= 4 is 5.91 Å². The van der Waals surface area contributed by atoms with Crippen molar-refractivity contribution in [2.24, 2.45) is 7.05 Å². The Balaban J connectivity index is 1.69. The molecule has 0 atom stereocenters. The van der Waals surface area contributed by atoms with E-state index in [2.05, 4.69) is 10.4 Å². The van der Waals surface area contributed by atoms with Crippen LogP contribution in [-0.2, 0) is 13.6 Å². The fraction of sp³-hybridized carbons (Fsp3) is 0.158. The van der Waals surface area contributed by atoms with Gasteiger partial charge in [0.2, 0.25) is 0 Å². The molecule has 2 aromatic carbocycles. The van der Waals surface area contributed by atoms with E-state index in [0.29, 0.717) is 12.2 Å². The van der Waals surface area contributed by atoms with E-state index in [9.17, 15) is 4.79 Å². The Morgan fingerprint density at radius 1 is 1.12 bits per heavy atom. The first kappa shape index (κ1) is 15.8. The summed E-state index contributed by atoms with van der Waals surface area (Å²) in [5.41, 5.74) is 3.35. The van der Waals surface area contributed by atoms with Gasteiger partial charge in [-0.25, -0.2) is 0 Å². The summed E-state index contributed by atoms with van der Waals surface area (Å²) in [4.78, 5) is 12.3. The Morgan fingerprint density at radius 2 is 1.83 bits per heavy atom. The average Bonchev–Trinajstić information content (AvgIpc) is 3.02. The lowest BCUT2D eigenvalue weighted by Gasteiger charge is -2.04. The van der Waals surface area contributed by atoms with Crippen LogP contribution in [-0.4, -0.2) is 22.8 Å². The highest BCUT2D eigenvalue weighted by molar-refractivity contribution is 5.93. The topological polar surface area (TPSA) is 56.1 Å². The number of aryl methyl sites for hydroxylation is 1. The summed E-state index contributed by atoms with van der Waals surface area (Å²) < 4.78 is 6.84. The first-order chi connectivity index (χ1) is 11.7. The van der Waals surface area contributed by atoms with Crippen molar-refractivity contribution in [2.45, 2.75) is 6.54 Å². The highest BCUT2D eigenvalue weighted by Gasteiger charge is 2.13. The van der Waals surface area contributed by atoms with Crippen LogP contribution < -0.4 is 10.1 Å². The maximum atomic E-state index is 12.3. The van der Waals surface area contributed by atoms with Crippen molar-refractivity contribution in [1.29, 1.82) is 0 Å². The summed E-state index contributed by atoms with van der Waals surface area (Å²) in [6.45, 7) is 0.445. The zero-order valence-electron chi connectivity index (χ0n) is 13.7. The molecule has 0 bridgehead atoms. The molecule has 1 N–H and O–H groups in total. The number of carbonyl (C=O) groups excluding carboxylic acids is 1. The second-order valence-corrected chi connectivity index (χ2v) is 5.44. The quantitative estimate of drug-likeness (QED) is 0.786. The molecule has 0 radical (unpaired) electrons. The molecule has 5 heteroatoms. The number of nitrogens with zero attached hydrogens (tertiary/aromatic N) is 2. The van der Waals surface area contributed by atoms with Crippen molar-refractivity contribution in [2.75, 3.05) is 7.11 Å². The lowest BCUT2D eigenvalue weighted by Crippen LogP contribution is -2.23. The second-order valence-electron chi connectivity index (χ2n) is 5.44. The van der Waals surface area contributed by atoms with Gasteiger partial charge in [-0.2, -0.15) is 5.10 Å². The molecule has 0 fully saturated rings. The summed E-state index contributed by atoms with van der Waals surface area (Å²) in [5, 5.41) is 7.20. The number of ether oxygens (including phenoxy) is 1. The summed E-state index contributed by atoms with van der Waals surface area (Å²) >= 11 is 0. The second kappa shape index (κ2) is 7.00. The number of hydrogen-bond acceptors (Lipinski definition) is 3. The van der Waals surface area contributed by atoms with E-state index in [1.54, 1.807) is 17.9 Å². The monoisotopic (exact) mass is 321 g/mol. The number of nitrogens with one attached hydrogen (secondary N) is 1. The molecule has 0 aliphatic rings. The summed E-state index contributed by atoms with van der Waals surface area (Å²) in [6, 6.07) is 19.3. The number of methoxy groups -OCH3 is 1. The molecule has 0 saturated carbocycles. The Bertz CT molecular complexity index is 824. The van der Waals surface area contributed by atoms with Crippen molar-refractivity contribution in [3.05, 3.63) is 71.9 Å². The molecule has 24 heavy (non-hydrogen) atoms. The Hall–Kier alpha value is -3.08. The van der Waals surface area contributed by atoms with E-state index >= 15 is 0 Å². The van der Waals surface area contributed by atoms with Gasteiger partial charge in [-0.15, -0.1) is 0 Å². The highest BCUT2D eigenvalue weighted by Crippen LogP contribution is 2.19. The van der Waals surface area contributed by atoms with Gasteiger partial charge in [0.05, 0.1) is 12.8 Å². The van der Waals surface area contributed by atoms with Crippen molar-refractivity contribution in [1.82, 2.24) is 15.1 Å². The molecule has 0 aliphatic carbocycles. The SMILES string of the molecule is COc1ccc(CNC(=O)c2cc(-c3ccccc3)n(C)n2)cc1. The van der Waals surface area contributed by atoms with E-state index in [4.69, 9.17) is 4.74 Å². The predicted molar refractivity (Wildman–Crippen MR) is 92.8 cm³/mol. The number of rotatable bonds is 5. The number of hydrogen-bond donors (Lipinski definition) is 1. The molecular weight excluding hydrogens is 302 g/mol. The van der Waals surface area contributed by atoms with Gasteiger partial charge < -0.3 is 10.1 Å². The summed E-state index contributed by atoms with van der Waals surface area (Å²) in [6.07, 6.45) is 0. The smallest absolute Gasteiger partial charge is 0.272 e. The predicted octanol–water partition coefficient (Wildman–Crippen LogP) is 3.03. The van der Waals surface area contributed by atoms with Crippen molar-refractivity contribution < 1.29 is 9.53 Å². The standard InChI is InChI=1S/C19H19N3O2/c1-22-18(15-6-4-3-5-7-15)12-17(21-22)19(23)20-13-14-8-10-16(24-2)11-9-14/h3-12H,13H2,1-2H3,(H,20,23). The molecule has 1 amide bonds.